The van der Waals surface area contributed by atoms with Gasteiger partial charge in [-0.2, -0.15) is 4.98 Å². The van der Waals surface area contributed by atoms with Crippen LogP contribution in [0.3, 0.4) is 0 Å². The summed E-state index contributed by atoms with van der Waals surface area (Å²) >= 11 is 3.49. The van der Waals surface area contributed by atoms with Crippen molar-refractivity contribution >= 4 is 44.3 Å². The Morgan fingerprint density at radius 2 is 1.58 bits per heavy atom. The average molecular weight is 481 g/mol. The van der Waals surface area contributed by atoms with E-state index in [-0.39, 0.29) is 5.95 Å². The minimum Gasteiger partial charge on any atom is -0.493 e. The van der Waals surface area contributed by atoms with Crippen LogP contribution >= 0.6 is 15.9 Å². The zero-order valence-corrected chi connectivity index (χ0v) is 18.9. The SMILES string of the molecule is COc1cc(-c2ccc3nc(N)nc(Nc4cccc(Br)c4)c3c2)cc(OC)c1OC. The van der Waals surface area contributed by atoms with Crippen LogP contribution in [0.2, 0.25) is 0 Å². The first-order chi connectivity index (χ1) is 15.0. The summed E-state index contributed by atoms with van der Waals surface area (Å²) in [6.45, 7) is 0. The van der Waals surface area contributed by atoms with Gasteiger partial charge in [0.15, 0.2) is 11.5 Å². The molecule has 8 heteroatoms. The first-order valence-corrected chi connectivity index (χ1v) is 10.2. The lowest BCUT2D eigenvalue weighted by Gasteiger charge is -2.15. The molecule has 1 aromatic heterocycles. The second-order valence-corrected chi connectivity index (χ2v) is 7.63. The lowest BCUT2D eigenvalue weighted by molar-refractivity contribution is 0.324. The van der Waals surface area contributed by atoms with Crippen LogP contribution in [0.5, 0.6) is 17.2 Å². The average Bonchev–Trinajstić information content (AvgIpc) is 2.77. The van der Waals surface area contributed by atoms with E-state index in [9.17, 15) is 0 Å². The summed E-state index contributed by atoms with van der Waals surface area (Å²) in [6.07, 6.45) is 0. The van der Waals surface area contributed by atoms with E-state index in [0.29, 0.717) is 23.1 Å². The van der Waals surface area contributed by atoms with Gasteiger partial charge in [-0.05, 0) is 53.6 Å². The molecule has 0 atom stereocenters. The fourth-order valence-corrected chi connectivity index (χ4v) is 3.77. The molecule has 1 heterocycles. The Labute approximate surface area is 188 Å². The molecule has 4 aromatic rings. The van der Waals surface area contributed by atoms with Crippen molar-refractivity contribution in [1.29, 1.82) is 0 Å². The van der Waals surface area contributed by atoms with Gasteiger partial charge in [0.05, 0.1) is 26.8 Å². The van der Waals surface area contributed by atoms with E-state index in [1.54, 1.807) is 21.3 Å². The molecule has 0 unspecified atom stereocenters. The zero-order chi connectivity index (χ0) is 22.0. The van der Waals surface area contributed by atoms with Gasteiger partial charge < -0.3 is 25.3 Å². The highest BCUT2D eigenvalue weighted by atomic mass is 79.9. The molecule has 3 N–H and O–H groups in total. The number of hydrogen-bond acceptors (Lipinski definition) is 7. The number of aromatic nitrogens is 2. The van der Waals surface area contributed by atoms with Gasteiger partial charge >= 0.3 is 0 Å². The number of methoxy groups -OCH3 is 3. The van der Waals surface area contributed by atoms with Crippen molar-refractivity contribution in [2.75, 3.05) is 32.4 Å². The summed E-state index contributed by atoms with van der Waals surface area (Å²) in [7, 11) is 4.77. The number of nitrogens with one attached hydrogen (secondary N) is 1. The summed E-state index contributed by atoms with van der Waals surface area (Å²) < 4.78 is 17.4. The van der Waals surface area contributed by atoms with Crippen LogP contribution in [0.15, 0.2) is 59.1 Å². The highest BCUT2D eigenvalue weighted by molar-refractivity contribution is 9.10. The normalized spacial score (nSPS) is 10.7. The third-order valence-corrected chi connectivity index (χ3v) is 5.29. The van der Waals surface area contributed by atoms with E-state index in [2.05, 4.69) is 31.2 Å². The molecule has 0 saturated carbocycles. The Morgan fingerprint density at radius 3 is 2.23 bits per heavy atom. The Morgan fingerprint density at radius 1 is 0.839 bits per heavy atom. The van der Waals surface area contributed by atoms with Crippen LogP contribution in [0, 0.1) is 0 Å². The lowest BCUT2D eigenvalue weighted by atomic mass is 10.0. The summed E-state index contributed by atoms with van der Waals surface area (Å²) in [5, 5.41) is 4.17. The van der Waals surface area contributed by atoms with Gasteiger partial charge in [-0.25, -0.2) is 4.98 Å². The molecular formula is C23H21BrN4O3. The van der Waals surface area contributed by atoms with Crippen molar-refractivity contribution in [2.24, 2.45) is 0 Å². The van der Waals surface area contributed by atoms with Crippen molar-refractivity contribution in [3.05, 3.63) is 59.1 Å². The third kappa shape index (κ3) is 4.20. The number of benzene rings is 3. The maximum absolute atomic E-state index is 5.95. The number of hydrogen-bond donors (Lipinski definition) is 2. The summed E-state index contributed by atoms with van der Waals surface area (Å²) in [4.78, 5) is 8.80. The minimum atomic E-state index is 0.200. The van der Waals surface area contributed by atoms with E-state index in [1.165, 1.54) is 0 Å². The number of rotatable bonds is 6. The molecule has 158 valence electrons. The molecule has 0 fully saturated rings. The van der Waals surface area contributed by atoms with E-state index in [0.717, 1.165) is 32.2 Å². The van der Waals surface area contributed by atoms with Crippen molar-refractivity contribution in [3.63, 3.8) is 0 Å². The number of nitrogens with two attached hydrogens (primary N) is 1. The largest absolute Gasteiger partial charge is 0.493 e. The van der Waals surface area contributed by atoms with Gasteiger partial charge in [-0.1, -0.05) is 28.1 Å². The molecule has 0 amide bonds. The minimum absolute atomic E-state index is 0.200. The van der Waals surface area contributed by atoms with E-state index >= 15 is 0 Å². The summed E-state index contributed by atoms with van der Waals surface area (Å²) in [5.74, 6) is 2.53. The second kappa shape index (κ2) is 8.69. The molecule has 0 aliphatic heterocycles. The summed E-state index contributed by atoms with van der Waals surface area (Å²) in [5.41, 5.74) is 9.41. The first-order valence-electron chi connectivity index (χ1n) is 9.42. The van der Waals surface area contributed by atoms with Crippen LogP contribution in [0.4, 0.5) is 17.5 Å². The van der Waals surface area contributed by atoms with E-state index in [4.69, 9.17) is 19.9 Å². The fraction of sp³-hybridized carbons (Fsp3) is 0.130. The molecule has 7 nitrogen and oxygen atoms in total. The Kier molecular flexibility index (Phi) is 5.81. The Balaban J connectivity index is 1.85. The van der Waals surface area contributed by atoms with Gasteiger partial charge in [-0.15, -0.1) is 0 Å². The van der Waals surface area contributed by atoms with Crippen LogP contribution in [-0.4, -0.2) is 31.3 Å². The first kappa shape index (κ1) is 20.7. The highest BCUT2D eigenvalue weighted by Gasteiger charge is 2.15. The maximum Gasteiger partial charge on any atom is 0.222 e. The molecule has 0 saturated heterocycles. The summed E-state index contributed by atoms with van der Waals surface area (Å²) in [6, 6.07) is 17.5. The molecule has 3 aromatic carbocycles. The number of ether oxygens (including phenoxy) is 3. The number of nitrogen functional groups attached to an aromatic ring is 1. The van der Waals surface area contributed by atoms with E-state index < -0.39 is 0 Å². The number of halogens is 1. The van der Waals surface area contributed by atoms with Crippen LogP contribution in [0.1, 0.15) is 0 Å². The number of anilines is 3. The molecule has 0 spiro atoms. The molecule has 0 aliphatic carbocycles. The molecule has 0 bridgehead atoms. The van der Waals surface area contributed by atoms with Gasteiger partial charge in [0.2, 0.25) is 11.7 Å². The van der Waals surface area contributed by atoms with E-state index in [1.807, 2.05) is 54.6 Å². The van der Waals surface area contributed by atoms with Crippen molar-refractivity contribution < 1.29 is 14.2 Å². The topological polar surface area (TPSA) is 91.5 Å². The predicted octanol–water partition coefficient (Wildman–Crippen LogP) is 5.41. The van der Waals surface area contributed by atoms with Crippen molar-refractivity contribution in [3.8, 4) is 28.4 Å². The monoisotopic (exact) mass is 480 g/mol. The number of fused-ring (bicyclic) bond motifs is 1. The van der Waals surface area contributed by atoms with Crippen LogP contribution < -0.4 is 25.3 Å². The standard InChI is InChI=1S/C23H21BrN4O3/c1-29-19-10-14(11-20(30-2)21(19)31-3)13-7-8-18-17(9-13)22(28-23(25)27-18)26-16-6-4-5-15(24)12-16/h4-12H,1-3H3,(H3,25,26,27,28). The van der Waals surface area contributed by atoms with Gasteiger partial charge in [0.1, 0.15) is 5.82 Å². The molecule has 0 radical (unpaired) electrons. The second-order valence-electron chi connectivity index (χ2n) is 6.71. The lowest BCUT2D eigenvalue weighted by Crippen LogP contribution is -2.01. The smallest absolute Gasteiger partial charge is 0.222 e. The van der Waals surface area contributed by atoms with Gasteiger partial charge in [0.25, 0.3) is 0 Å². The molecule has 0 aliphatic rings. The zero-order valence-electron chi connectivity index (χ0n) is 17.3. The quantitative estimate of drug-likeness (QED) is 0.381. The van der Waals surface area contributed by atoms with Crippen molar-refractivity contribution in [1.82, 2.24) is 9.97 Å². The van der Waals surface area contributed by atoms with Gasteiger partial charge in [-0.3, -0.25) is 0 Å². The molecular weight excluding hydrogens is 460 g/mol. The predicted molar refractivity (Wildman–Crippen MR) is 126 cm³/mol. The van der Waals surface area contributed by atoms with Crippen molar-refractivity contribution in [2.45, 2.75) is 0 Å². The molecule has 31 heavy (non-hydrogen) atoms. The molecule has 4 rings (SSSR count). The third-order valence-electron chi connectivity index (χ3n) is 4.80. The highest BCUT2D eigenvalue weighted by Crippen LogP contribution is 2.42. The van der Waals surface area contributed by atoms with Gasteiger partial charge in [0, 0.05) is 15.5 Å². The Hall–Kier alpha value is -3.52. The Bertz CT molecular complexity index is 1240. The maximum atomic E-state index is 5.95. The number of nitrogens with zero attached hydrogens (tertiary/aromatic N) is 2. The van der Waals surface area contributed by atoms with Crippen LogP contribution in [-0.2, 0) is 0 Å². The fourth-order valence-electron chi connectivity index (χ4n) is 3.37. The van der Waals surface area contributed by atoms with Crippen LogP contribution in [0.25, 0.3) is 22.0 Å².